The number of rotatable bonds is 3. The lowest BCUT2D eigenvalue weighted by atomic mass is 10.3. The summed E-state index contributed by atoms with van der Waals surface area (Å²) in [5.41, 5.74) is 0.303. The van der Waals surface area contributed by atoms with Gasteiger partial charge < -0.3 is 5.32 Å². The number of anilines is 1. The summed E-state index contributed by atoms with van der Waals surface area (Å²) in [6, 6.07) is 5.29. The fourth-order valence-corrected chi connectivity index (χ4v) is 1.12. The van der Waals surface area contributed by atoms with Crippen molar-refractivity contribution in [2.45, 2.75) is 0 Å². The van der Waals surface area contributed by atoms with Gasteiger partial charge in [0.15, 0.2) is 0 Å². The zero-order valence-electron chi connectivity index (χ0n) is 6.57. The molecule has 6 heteroatoms. The first-order valence-electron chi connectivity index (χ1n) is 3.42. The maximum absolute atomic E-state index is 12.5. The SMILES string of the molecule is O=S(=O)(O)CNc1cccc(F)c1. The van der Waals surface area contributed by atoms with E-state index in [1.54, 1.807) is 0 Å². The van der Waals surface area contributed by atoms with Gasteiger partial charge in [-0.2, -0.15) is 8.42 Å². The predicted octanol–water partition coefficient (Wildman–Crippen LogP) is 1.08. The van der Waals surface area contributed by atoms with Gasteiger partial charge in [-0.05, 0) is 18.2 Å². The van der Waals surface area contributed by atoms with Crippen molar-refractivity contribution in [1.82, 2.24) is 0 Å². The van der Waals surface area contributed by atoms with E-state index in [1.165, 1.54) is 18.2 Å². The van der Waals surface area contributed by atoms with Gasteiger partial charge in [0.1, 0.15) is 11.7 Å². The normalized spacial score (nSPS) is 11.2. The molecule has 0 unspecified atom stereocenters. The number of nitrogens with one attached hydrogen (secondary N) is 1. The molecule has 0 bridgehead atoms. The molecule has 1 aromatic carbocycles. The lowest BCUT2D eigenvalue weighted by Gasteiger charge is -2.02. The van der Waals surface area contributed by atoms with Crippen molar-refractivity contribution < 1.29 is 17.4 Å². The van der Waals surface area contributed by atoms with Gasteiger partial charge in [0.2, 0.25) is 0 Å². The maximum Gasteiger partial charge on any atom is 0.283 e. The molecule has 4 nitrogen and oxygen atoms in total. The third-order valence-corrected chi connectivity index (χ3v) is 1.79. The van der Waals surface area contributed by atoms with E-state index >= 15 is 0 Å². The van der Waals surface area contributed by atoms with Crippen LogP contribution in [-0.4, -0.2) is 18.8 Å². The van der Waals surface area contributed by atoms with Crippen LogP contribution in [0.15, 0.2) is 24.3 Å². The predicted molar refractivity (Wildman–Crippen MR) is 46.4 cm³/mol. The van der Waals surface area contributed by atoms with E-state index in [9.17, 15) is 12.8 Å². The van der Waals surface area contributed by atoms with Crippen molar-refractivity contribution in [3.8, 4) is 0 Å². The molecule has 0 heterocycles. The van der Waals surface area contributed by atoms with Gasteiger partial charge in [0.25, 0.3) is 10.1 Å². The topological polar surface area (TPSA) is 66.4 Å². The lowest BCUT2D eigenvalue weighted by Crippen LogP contribution is -2.12. The van der Waals surface area contributed by atoms with E-state index < -0.39 is 21.8 Å². The Balaban J connectivity index is 2.65. The van der Waals surface area contributed by atoms with Gasteiger partial charge in [-0.15, -0.1) is 0 Å². The Morgan fingerprint density at radius 3 is 2.69 bits per heavy atom. The number of halogens is 1. The van der Waals surface area contributed by atoms with Crippen LogP contribution in [0.1, 0.15) is 0 Å². The van der Waals surface area contributed by atoms with Crippen LogP contribution in [-0.2, 0) is 10.1 Å². The van der Waals surface area contributed by atoms with E-state index in [0.29, 0.717) is 5.69 Å². The largest absolute Gasteiger partial charge is 0.370 e. The highest BCUT2D eigenvalue weighted by Gasteiger charge is 2.03. The highest BCUT2D eigenvalue weighted by atomic mass is 32.2. The zero-order valence-corrected chi connectivity index (χ0v) is 7.38. The standard InChI is InChI=1S/C7H8FNO3S/c8-6-2-1-3-7(4-6)9-5-13(10,11)12/h1-4,9H,5H2,(H,10,11,12). The van der Waals surface area contributed by atoms with Crippen molar-refractivity contribution in [1.29, 1.82) is 0 Å². The van der Waals surface area contributed by atoms with Gasteiger partial charge in [0, 0.05) is 5.69 Å². The molecule has 0 aliphatic carbocycles. The third kappa shape index (κ3) is 3.86. The highest BCUT2D eigenvalue weighted by molar-refractivity contribution is 7.85. The number of hydrogen-bond donors (Lipinski definition) is 2. The average molecular weight is 205 g/mol. The fourth-order valence-electron chi connectivity index (χ4n) is 0.773. The van der Waals surface area contributed by atoms with Gasteiger partial charge in [0.05, 0.1) is 0 Å². The second-order valence-electron chi connectivity index (χ2n) is 2.41. The smallest absolute Gasteiger partial charge is 0.283 e. The van der Waals surface area contributed by atoms with Crippen molar-refractivity contribution in [2.75, 3.05) is 11.2 Å². The Kier molecular flexibility index (Phi) is 2.84. The van der Waals surface area contributed by atoms with E-state index in [0.717, 1.165) is 6.07 Å². The maximum atomic E-state index is 12.5. The number of hydrogen-bond acceptors (Lipinski definition) is 3. The first-order valence-corrected chi connectivity index (χ1v) is 5.03. The van der Waals surface area contributed by atoms with Gasteiger partial charge >= 0.3 is 0 Å². The summed E-state index contributed by atoms with van der Waals surface area (Å²) in [6.45, 7) is 0. The summed E-state index contributed by atoms with van der Waals surface area (Å²) in [5, 5.41) is 2.35. The molecule has 0 spiro atoms. The minimum absolute atomic E-state index is 0.303. The fraction of sp³-hybridized carbons (Fsp3) is 0.143. The van der Waals surface area contributed by atoms with E-state index in [2.05, 4.69) is 5.32 Å². The summed E-state index contributed by atoms with van der Waals surface area (Å²) >= 11 is 0. The van der Waals surface area contributed by atoms with Crippen LogP contribution in [0.5, 0.6) is 0 Å². The molecule has 0 saturated carbocycles. The monoisotopic (exact) mass is 205 g/mol. The Morgan fingerprint density at radius 2 is 2.15 bits per heavy atom. The molecule has 0 amide bonds. The summed E-state index contributed by atoms with van der Waals surface area (Å²) in [5.74, 6) is -1.10. The highest BCUT2D eigenvalue weighted by Crippen LogP contribution is 2.08. The first-order chi connectivity index (χ1) is 5.97. The van der Waals surface area contributed by atoms with Crippen LogP contribution < -0.4 is 5.32 Å². The molecule has 72 valence electrons. The minimum Gasteiger partial charge on any atom is -0.370 e. The van der Waals surface area contributed by atoms with Crippen LogP contribution in [0.3, 0.4) is 0 Å². The second-order valence-corrected chi connectivity index (χ2v) is 3.87. The van der Waals surface area contributed by atoms with Crippen LogP contribution >= 0.6 is 0 Å². The Bertz CT molecular complexity index is 390. The Labute approximate surface area is 75.1 Å². The van der Waals surface area contributed by atoms with Crippen molar-refractivity contribution in [2.24, 2.45) is 0 Å². The zero-order chi connectivity index (χ0) is 9.90. The van der Waals surface area contributed by atoms with Crippen molar-refractivity contribution in [3.63, 3.8) is 0 Å². The van der Waals surface area contributed by atoms with Gasteiger partial charge in [-0.25, -0.2) is 4.39 Å². The second kappa shape index (κ2) is 3.71. The Morgan fingerprint density at radius 1 is 1.46 bits per heavy atom. The quantitative estimate of drug-likeness (QED) is 0.725. The summed E-state index contributed by atoms with van der Waals surface area (Å²) in [7, 11) is -4.07. The summed E-state index contributed by atoms with van der Waals surface area (Å²) in [4.78, 5) is 0. The minimum atomic E-state index is -4.07. The molecule has 1 rings (SSSR count). The first kappa shape index (κ1) is 9.94. The third-order valence-electron chi connectivity index (χ3n) is 1.28. The number of benzene rings is 1. The molecular weight excluding hydrogens is 197 g/mol. The van der Waals surface area contributed by atoms with E-state index in [1.807, 2.05) is 0 Å². The molecule has 0 saturated heterocycles. The Hall–Kier alpha value is -1.14. The molecule has 0 atom stereocenters. The average Bonchev–Trinajstić information content (AvgIpc) is 2.00. The molecule has 0 fully saturated rings. The van der Waals surface area contributed by atoms with E-state index in [-0.39, 0.29) is 0 Å². The van der Waals surface area contributed by atoms with Crippen LogP contribution in [0.2, 0.25) is 0 Å². The molecule has 0 aromatic heterocycles. The van der Waals surface area contributed by atoms with Crippen molar-refractivity contribution >= 4 is 15.8 Å². The molecule has 0 radical (unpaired) electrons. The molecule has 0 aliphatic heterocycles. The van der Waals surface area contributed by atoms with Crippen LogP contribution in [0, 0.1) is 5.82 Å². The lowest BCUT2D eigenvalue weighted by molar-refractivity contribution is 0.485. The van der Waals surface area contributed by atoms with Crippen LogP contribution in [0.4, 0.5) is 10.1 Å². The molecule has 1 aromatic rings. The van der Waals surface area contributed by atoms with Crippen LogP contribution in [0.25, 0.3) is 0 Å². The summed E-state index contributed by atoms with van der Waals surface area (Å²) in [6.07, 6.45) is 0. The molecule has 13 heavy (non-hydrogen) atoms. The van der Waals surface area contributed by atoms with Gasteiger partial charge in [-0.3, -0.25) is 4.55 Å². The molecule has 0 aliphatic rings. The molecular formula is C7H8FNO3S. The van der Waals surface area contributed by atoms with E-state index in [4.69, 9.17) is 4.55 Å². The van der Waals surface area contributed by atoms with Crippen molar-refractivity contribution in [3.05, 3.63) is 30.1 Å². The molecule has 2 N–H and O–H groups in total. The van der Waals surface area contributed by atoms with Gasteiger partial charge in [-0.1, -0.05) is 6.07 Å². The summed E-state index contributed by atoms with van der Waals surface area (Å²) < 4.78 is 41.5.